The standard InChI is InChI=1S/C18H25NO2/c1-4-15(20)12-21-18-16(13(3)19-5-2)11-10-14-8-6-7-9-17(14)18/h6-11,13,15,19-20H,4-5,12H2,1-3H3. The molecule has 2 aromatic rings. The molecule has 0 saturated heterocycles. The van der Waals surface area contributed by atoms with Gasteiger partial charge >= 0.3 is 0 Å². The summed E-state index contributed by atoms with van der Waals surface area (Å²) in [5, 5.41) is 15.5. The van der Waals surface area contributed by atoms with Crippen molar-refractivity contribution in [2.24, 2.45) is 0 Å². The maximum Gasteiger partial charge on any atom is 0.132 e. The molecule has 0 aromatic heterocycles. The lowest BCUT2D eigenvalue weighted by atomic mass is 10.0. The van der Waals surface area contributed by atoms with Crippen molar-refractivity contribution in [3.05, 3.63) is 42.0 Å². The number of ether oxygens (including phenoxy) is 1. The van der Waals surface area contributed by atoms with Crippen LogP contribution in [0.4, 0.5) is 0 Å². The molecule has 114 valence electrons. The van der Waals surface area contributed by atoms with E-state index in [2.05, 4.69) is 43.4 Å². The van der Waals surface area contributed by atoms with E-state index in [1.165, 1.54) is 0 Å². The maximum absolute atomic E-state index is 9.78. The number of rotatable bonds is 7. The Morgan fingerprint density at radius 1 is 1.14 bits per heavy atom. The Balaban J connectivity index is 2.41. The Bertz CT molecular complexity index is 582. The fourth-order valence-electron chi connectivity index (χ4n) is 2.48. The van der Waals surface area contributed by atoms with Crippen molar-refractivity contribution >= 4 is 10.8 Å². The molecule has 0 bridgehead atoms. The number of hydrogen-bond acceptors (Lipinski definition) is 3. The highest BCUT2D eigenvalue weighted by atomic mass is 16.5. The summed E-state index contributed by atoms with van der Waals surface area (Å²) < 4.78 is 5.98. The van der Waals surface area contributed by atoms with Gasteiger partial charge in [-0.2, -0.15) is 0 Å². The topological polar surface area (TPSA) is 41.5 Å². The average molecular weight is 287 g/mol. The molecule has 0 heterocycles. The predicted octanol–water partition coefficient (Wildman–Crippen LogP) is 3.66. The Labute approximate surface area is 126 Å². The molecular formula is C18H25NO2. The molecule has 2 atom stereocenters. The van der Waals surface area contributed by atoms with Gasteiger partial charge in [-0.25, -0.2) is 0 Å². The predicted molar refractivity (Wildman–Crippen MR) is 87.8 cm³/mol. The van der Waals surface area contributed by atoms with E-state index in [1.54, 1.807) is 0 Å². The van der Waals surface area contributed by atoms with E-state index in [4.69, 9.17) is 4.74 Å². The summed E-state index contributed by atoms with van der Waals surface area (Å²) in [6.45, 7) is 7.43. The molecule has 2 rings (SSSR count). The van der Waals surface area contributed by atoms with Crippen LogP contribution in [0.5, 0.6) is 5.75 Å². The SMILES string of the molecule is CCNC(C)c1ccc2ccccc2c1OCC(O)CC. The summed E-state index contributed by atoms with van der Waals surface area (Å²) in [7, 11) is 0. The van der Waals surface area contributed by atoms with Gasteiger partial charge in [0.2, 0.25) is 0 Å². The smallest absolute Gasteiger partial charge is 0.132 e. The Morgan fingerprint density at radius 2 is 1.90 bits per heavy atom. The number of aliphatic hydroxyl groups excluding tert-OH is 1. The summed E-state index contributed by atoms with van der Waals surface area (Å²) in [5.41, 5.74) is 1.14. The fraction of sp³-hybridized carbons (Fsp3) is 0.444. The molecule has 21 heavy (non-hydrogen) atoms. The van der Waals surface area contributed by atoms with E-state index in [-0.39, 0.29) is 6.04 Å². The van der Waals surface area contributed by atoms with Crippen molar-refractivity contribution in [3.63, 3.8) is 0 Å². The van der Waals surface area contributed by atoms with Gasteiger partial charge in [0.05, 0.1) is 6.10 Å². The van der Waals surface area contributed by atoms with E-state index in [0.29, 0.717) is 13.0 Å². The molecular weight excluding hydrogens is 262 g/mol. The summed E-state index contributed by atoms with van der Waals surface area (Å²) in [6.07, 6.45) is 0.273. The highest BCUT2D eigenvalue weighted by molar-refractivity contribution is 5.89. The quantitative estimate of drug-likeness (QED) is 0.816. The number of aliphatic hydroxyl groups is 1. The van der Waals surface area contributed by atoms with Crippen LogP contribution in [0.3, 0.4) is 0 Å². The molecule has 2 N–H and O–H groups in total. The molecule has 0 radical (unpaired) electrons. The molecule has 0 aliphatic rings. The van der Waals surface area contributed by atoms with Gasteiger partial charge < -0.3 is 15.2 Å². The van der Waals surface area contributed by atoms with Crippen molar-refractivity contribution in [2.75, 3.05) is 13.2 Å². The normalized spacial score (nSPS) is 14.1. The molecule has 2 aromatic carbocycles. The molecule has 3 nitrogen and oxygen atoms in total. The molecule has 0 amide bonds. The first-order valence-electron chi connectivity index (χ1n) is 7.73. The summed E-state index contributed by atoms with van der Waals surface area (Å²) in [4.78, 5) is 0. The van der Waals surface area contributed by atoms with E-state index in [9.17, 15) is 5.11 Å². The molecule has 0 aliphatic carbocycles. The molecule has 0 spiro atoms. The van der Waals surface area contributed by atoms with Crippen LogP contribution in [0.2, 0.25) is 0 Å². The van der Waals surface area contributed by atoms with E-state index in [0.717, 1.165) is 28.6 Å². The molecule has 2 unspecified atom stereocenters. The van der Waals surface area contributed by atoms with Crippen LogP contribution in [0.1, 0.15) is 38.8 Å². The number of fused-ring (bicyclic) bond motifs is 1. The Kier molecular flexibility index (Phi) is 5.59. The zero-order valence-electron chi connectivity index (χ0n) is 13.1. The lowest BCUT2D eigenvalue weighted by molar-refractivity contribution is 0.104. The zero-order valence-corrected chi connectivity index (χ0v) is 13.1. The van der Waals surface area contributed by atoms with Gasteiger partial charge in [-0.15, -0.1) is 0 Å². The minimum Gasteiger partial charge on any atom is -0.490 e. The van der Waals surface area contributed by atoms with Crippen LogP contribution in [-0.2, 0) is 0 Å². The highest BCUT2D eigenvalue weighted by Crippen LogP contribution is 2.33. The largest absolute Gasteiger partial charge is 0.490 e. The highest BCUT2D eigenvalue weighted by Gasteiger charge is 2.15. The minimum absolute atomic E-state index is 0.216. The van der Waals surface area contributed by atoms with Gasteiger partial charge in [-0.1, -0.05) is 50.2 Å². The monoisotopic (exact) mass is 287 g/mol. The molecule has 3 heteroatoms. The van der Waals surface area contributed by atoms with Crippen molar-refractivity contribution in [2.45, 2.75) is 39.3 Å². The minimum atomic E-state index is -0.425. The van der Waals surface area contributed by atoms with Gasteiger partial charge in [0, 0.05) is 17.0 Å². The first-order chi connectivity index (χ1) is 10.2. The third kappa shape index (κ3) is 3.74. The summed E-state index contributed by atoms with van der Waals surface area (Å²) >= 11 is 0. The zero-order chi connectivity index (χ0) is 15.2. The van der Waals surface area contributed by atoms with Crippen molar-refractivity contribution in [1.29, 1.82) is 0 Å². The third-order valence-corrected chi connectivity index (χ3v) is 3.78. The molecule has 0 fully saturated rings. The van der Waals surface area contributed by atoms with Crippen LogP contribution in [0.15, 0.2) is 36.4 Å². The second kappa shape index (κ2) is 7.43. The third-order valence-electron chi connectivity index (χ3n) is 3.78. The molecule has 0 aliphatic heterocycles. The second-order valence-corrected chi connectivity index (χ2v) is 5.36. The van der Waals surface area contributed by atoms with Gasteiger partial charge in [0.15, 0.2) is 0 Å². The van der Waals surface area contributed by atoms with E-state index in [1.807, 2.05) is 19.1 Å². The van der Waals surface area contributed by atoms with Crippen LogP contribution < -0.4 is 10.1 Å². The lowest BCUT2D eigenvalue weighted by Gasteiger charge is -2.20. The first kappa shape index (κ1) is 15.8. The second-order valence-electron chi connectivity index (χ2n) is 5.36. The van der Waals surface area contributed by atoms with Crippen LogP contribution in [0.25, 0.3) is 10.8 Å². The van der Waals surface area contributed by atoms with Crippen LogP contribution in [0, 0.1) is 0 Å². The maximum atomic E-state index is 9.78. The Morgan fingerprint density at radius 3 is 2.62 bits per heavy atom. The number of nitrogens with one attached hydrogen (secondary N) is 1. The Hall–Kier alpha value is -1.58. The van der Waals surface area contributed by atoms with Crippen molar-refractivity contribution < 1.29 is 9.84 Å². The van der Waals surface area contributed by atoms with Gasteiger partial charge in [0.25, 0.3) is 0 Å². The molecule has 0 saturated carbocycles. The van der Waals surface area contributed by atoms with Gasteiger partial charge in [-0.05, 0) is 25.3 Å². The number of benzene rings is 2. The number of hydrogen-bond donors (Lipinski definition) is 2. The fourth-order valence-corrected chi connectivity index (χ4v) is 2.48. The summed E-state index contributed by atoms with van der Waals surface area (Å²) in [5.74, 6) is 0.883. The van der Waals surface area contributed by atoms with Crippen LogP contribution in [-0.4, -0.2) is 24.4 Å². The van der Waals surface area contributed by atoms with Crippen molar-refractivity contribution in [3.8, 4) is 5.75 Å². The first-order valence-corrected chi connectivity index (χ1v) is 7.73. The van der Waals surface area contributed by atoms with Gasteiger partial charge in [0.1, 0.15) is 12.4 Å². The summed E-state index contributed by atoms with van der Waals surface area (Å²) in [6, 6.07) is 12.7. The van der Waals surface area contributed by atoms with Gasteiger partial charge in [-0.3, -0.25) is 0 Å². The lowest BCUT2D eigenvalue weighted by Crippen LogP contribution is -2.21. The van der Waals surface area contributed by atoms with E-state index >= 15 is 0 Å². The van der Waals surface area contributed by atoms with E-state index < -0.39 is 6.10 Å². The van der Waals surface area contributed by atoms with Crippen LogP contribution >= 0.6 is 0 Å². The average Bonchev–Trinajstić information content (AvgIpc) is 2.52. The van der Waals surface area contributed by atoms with Crippen molar-refractivity contribution in [1.82, 2.24) is 5.32 Å².